The number of benzene rings is 1. The Bertz CT molecular complexity index is 1140. The summed E-state index contributed by atoms with van der Waals surface area (Å²) in [5.74, 6) is -1.42. The molecule has 1 saturated heterocycles. The van der Waals surface area contributed by atoms with Gasteiger partial charge in [-0.3, -0.25) is 19.2 Å². The lowest BCUT2D eigenvalue weighted by Crippen LogP contribution is -2.53. The molecule has 2 fully saturated rings. The normalized spacial score (nSPS) is 16.3. The molecule has 1 saturated carbocycles. The van der Waals surface area contributed by atoms with Crippen LogP contribution in [0.25, 0.3) is 10.9 Å². The van der Waals surface area contributed by atoms with Gasteiger partial charge in [0.25, 0.3) is 11.7 Å². The molecule has 1 aliphatic carbocycles. The van der Waals surface area contributed by atoms with Gasteiger partial charge < -0.3 is 24.4 Å². The largest absolute Gasteiger partial charge is 0.497 e. The van der Waals surface area contributed by atoms with E-state index in [1.807, 2.05) is 18.7 Å². The highest BCUT2D eigenvalue weighted by Crippen LogP contribution is 2.26. The van der Waals surface area contributed by atoms with E-state index < -0.39 is 11.7 Å². The average molecular weight is 511 g/mol. The molecule has 9 nitrogen and oxygen atoms in total. The number of Topliss-reactive ketones (excluding diaryl/α,β-unsaturated/α-hetero) is 1. The number of rotatable bonds is 9. The van der Waals surface area contributed by atoms with Crippen LogP contribution in [0.3, 0.4) is 0 Å². The van der Waals surface area contributed by atoms with Crippen LogP contribution in [-0.4, -0.2) is 88.6 Å². The molecule has 1 N–H and O–H groups in total. The number of carbonyl (C=O) groups excluding carboxylic acids is 4. The van der Waals surface area contributed by atoms with E-state index in [1.165, 1.54) is 6.20 Å². The molecule has 0 spiro atoms. The predicted octanol–water partition coefficient (Wildman–Crippen LogP) is 3.38. The predicted molar refractivity (Wildman–Crippen MR) is 140 cm³/mol. The first kappa shape index (κ1) is 26.7. The molecule has 0 unspecified atom stereocenters. The standard InChI is InChI=1S/C28H38N4O5/c1-19(2)32(20-9-5-4-6-10-20)26(34)18-31(17-25(33)30-13-7-8-14-30)28(36)27(35)23-16-29-24-15-21(37-3)11-12-22(23)24/h11-12,15-16,19-20,29H,4-10,13-14,17-18H2,1-3H3. The Balaban J connectivity index is 1.58. The van der Waals surface area contributed by atoms with Gasteiger partial charge in [-0.15, -0.1) is 0 Å². The Labute approximate surface area is 218 Å². The maximum atomic E-state index is 13.6. The van der Waals surface area contributed by atoms with E-state index in [0.29, 0.717) is 29.7 Å². The molecule has 1 aliphatic heterocycles. The second-order valence-corrected chi connectivity index (χ2v) is 10.4. The Morgan fingerprint density at radius 1 is 1.03 bits per heavy atom. The van der Waals surface area contributed by atoms with Gasteiger partial charge in [0.05, 0.1) is 12.7 Å². The number of likely N-dealkylation sites (tertiary alicyclic amines) is 1. The van der Waals surface area contributed by atoms with Crippen LogP contribution in [-0.2, 0) is 14.4 Å². The summed E-state index contributed by atoms with van der Waals surface area (Å²) in [5, 5.41) is 0.585. The molecule has 1 aromatic carbocycles. The zero-order valence-electron chi connectivity index (χ0n) is 22.1. The van der Waals surface area contributed by atoms with Crippen LogP contribution < -0.4 is 4.74 Å². The van der Waals surface area contributed by atoms with E-state index in [1.54, 1.807) is 30.2 Å². The first-order chi connectivity index (χ1) is 17.8. The monoisotopic (exact) mass is 510 g/mol. The summed E-state index contributed by atoms with van der Waals surface area (Å²) >= 11 is 0. The van der Waals surface area contributed by atoms with E-state index in [2.05, 4.69) is 4.98 Å². The van der Waals surface area contributed by atoms with E-state index in [0.717, 1.165) is 49.8 Å². The fourth-order valence-corrected chi connectivity index (χ4v) is 5.63. The highest BCUT2D eigenvalue weighted by Gasteiger charge is 2.34. The summed E-state index contributed by atoms with van der Waals surface area (Å²) < 4.78 is 5.24. The second-order valence-electron chi connectivity index (χ2n) is 10.4. The van der Waals surface area contributed by atoms with Crippen LogP contribution in [0.15, 0.2) is 24.4 Å². The molecular weight excluding hydrogens is 472 g/mol. The van der Waals surface area contributed by atoms with Crippen molar-refractivity contribution in [2.75, 3.05) is 33.3 Å². The van der Waals surface area contributed by atoms with Gasteiger partial charge in [-0.1, -0.05) is 19.3 Å². The molecule has 0 radical (unpaired) electrons. The number of ketones is 1. The fraction of sp³-hybridized carbons (Fsp3) is 0.571. The SMILES string of the molecule is COc1ccc2c(C(=O)C(=O)N(CC(=O)N3CCCC3)CC(=O)N(C(C)C)C3CCCCC3)c[nH]c2c1. The molecule has 0 bridgehead atoms. The Morgan fingerprint density at radius 3 is 2.38 bits per heavy atom. The van der Waals surface area contributed by atoms with Gasteiger partial charge in [0, 0.05) is 48.3 Å². The van der Waals surface area contributed by atoms with Crippen LogP contribution in [0.2, 0.25) is 0 Å². The molecule has 3 amide bonds. The van der Waals surface area contributed by atoms with E-state index >= 15 is 0 Å². The van der Waals surface area contributed by atoms with Gasteiger partial charge in [0.2, 0.25) is 11.8 Å². The first-order valence-corrected chi connectivity index (χ1v) is 13.4. The van der Waals surface area contributed by atoms with Crippen molar-refractivity contribution >= 4 is 34.4 Å². The lowest BCUT2D eigenvalue weighted by atomic mass is 9.93. The van der Waals surface area contributed by atoms with Crippen molar-refractivity contribution in [1.82, 2.24) is 19.7 Å². The van der Waals surface area contributed by atoms with Gasteiger partial charge in [0.1, 0.15) is 18.8 Å². The molecule has 4 rings (SSSR count). The number of aromatic nitrogens is 1. The maximum Gasteiger partial charge on any atom is 0.295 e. The smallest absolute Gasteiger partial charge is 0.295 e. The molecule has 0 atom stereocenters. The van der Waals surface area contributed by atoms with Crippen molar-refractivity contribution in [3.05, 3.63) is 30.0 Å². The van der Waals surface area contributed by atoms with Crippen LogP contribution in [0.5, 0.6) is 5.75 Å². The Kier molecular flexibility index (Phi) is 8.51. The van der Waals surface area contributed by atoms with Gasteiger partial charge in [-0.05, 0) is 51.7 Å². The number of fused-ring (bicyclic) bond motifs is 1. The Hall–Kier alpha value is -3.36. The highest BCUT2D eigenvalue weighted by molar-refractivity contribution is 6.45. The Morgan fingerprint density at radius 2 is 1.73 bits per heavy atom. The van der Waals surface area contributed by atoms with Gasteiger partial charge in [0.15, 0.2) is 0 Å². The quantitative estimate of drug-likeness (QED) is 0.412. The second kappa shape index (κ2) is 11.8. The lowest BCUT2D eigenvalue weighted by Gasteiger charge is -2.38. The number of nitrogens with one attached hydrogen (secondary N) is 1. The van der Waals surface area contributed by atoms with Crippen LogP contribution >= 0.6 is 0 Å². The average Bonchev–Trinajstić information content (AvgIpc) is 3.58. The minimum Gasteiger partial charge on any atom is -0.497 e. The van der Waals surface area contributed by atoms with Crippen LogP contribution in [0.4, 0.5) is 0 Å². The highest BCUT2D eigenvalue weighted by atomic mass is 16.5. The first-order valence-electron chi connectivity index (χ1n) is 13.4. The molecule has 37 heavy (non-hydrogen) atoms. The van der Waals surface area contributed by atoms with Crippen molar-refractivity contribution in [2.24, 2.45) is 0 Å². The van der Waals surface area contributed by atoms with Crippen molar-refractivity contribution in [1.29, 1.82) is 0 Å². The summed E-state index contributed by atoms with van der Waals surface area (Å²) in [6, 6.07) is 5.27. The number of carbonyl (C=O) groups is 4. The summed E-state index contributed by atoms with van der Waals surface area (Å²) in [6.45, 7) is 4.62. The maximum absolute atomic E-state index is 13.6. The van der Waals surface area contributed by atoms with Gasteiger partial charge in [-0.2, -0.15) is 0 Å². The molecular formula is C28H38N4O5. The number of aromatic amines is 1. The van der Waals surface area contributed by atoms with Crippen molar-refractivity contribution in [2.45, 2.75) is 70.9 Å². The van der Waals surface area contributed by atoms with E-state index in [4.69, 9.17) is 4.74 Å². The zero-order chi connectivity index (χ0) is 26.5. The molecule has 1 aromatic heterocycles. The van der Waals surface area contributed by atoms with Gasteiger partial charge >= 0.3 is 0 Å². The van der Waals surface area contributed by atoms with Crippen molar-refractivity contribution < 1.29 is 23.9 Å². The molecule has 2 aromatic rings. The number of methoxy groups -OCH3 is 1. The summed E-state index contributed by atoms with van der Waals surface area (Å²) in [4.78, 5) is 61.3. The minimum absolute atomic E-state index is 0.0406. The molecule has 2 heterocycles. The van der Waals surface area contributed by atoms with E-state index in [-0.39, 0.29) is 42.6 Å². The summed E-state index contributed by atoms with van der Waals surface area (Å²) in [5.41, 5.74) is 0.872. The summed E-state index contributed by atoms with van der Waals surface area (Å²) in [7, 11) is 1.56. The third-order valence-corrected chi connectivity index (χ3v) is 7.54. The molecule has 9 heteroatoms. The number of hydrogen-bond donors (Lipinski definition) is 1. The lowest BCUT2D eigenvalue weighted by molar-refractivity contribution is -0.144. The number of H-pyrrole nitrogens is 1. The number of hydrogen-bond acceptors (Lipinski definition) is 5. The van der Waals surface area contributed by atoms with E-state index in [9.17, 15) is 19.2 Å². The minimum atomic E-state index is -0.843. The van der Waals surface area contributed by atoms with Crippen LogP contribution in [0, 0.1) is 0 Å². The number of amides is 3. The number of ether oxygens (including phenoxy) is 1. The third kappa shape index (κ3) is 5.97. The van der Waals surface area contributed by atoms with Crippen LogP contribution in [0.1, 0.15) is 69.2 Å². The van der Waals surface area contributed by atoms with Crippen molar-refractivity contribution in [3.63, 3.8) is 0 Å². The summed E-state index contributed by atoms with van der Waals surface area (Å²) in [6.07, 6.45) is 8.50. The van der Waals surface area contributed by atoms with Gasteiger partial charge in [-0.25, -0.2) is 0 Å². The fourth-order valence-electron chi connectivity index (χ4n) is 5.63. The molecule has 200 valence electrons. The molecule has 2 aliphatic rings. The number of nitrogens with zero attached hydrogens (tertiary/aromatic N) is 3. The topological polar surface area (TPSA) is 103 Å². The third-order valence-electron chi connectivity index (χ3n) is 7.54. The zero-order valence-corrected chi connectivity index (χ0v) is 22.1. The van der Waals surface area contributed by atoms with Crippen molar-refractivity contribution in [3.8, 4) is 5.75 Å².